The molecule has 1 aromatic rings. The lowest BCUT2D eigenvalue weighted by molar-refractivity contribution is 0.229. The summed E-state index contributed by atoms with van der Waals surface area (Å²) in [7, 11) is 0. The summed E-state index contributed by atoms with van der Waals surface area (Å²) in [5.74, 6) is 0.792. The Morgan fingerprint density at radius 2 is 2.24 bits per heavy atom. The van der Waals surface area contributed by atoms with E-state index >= 15 is 0 Å². The van der Waals surface area contributed by atoms with Gasteiger partial charge in [0, 0.05) is 25.3 Å². The highest BCUT2D eigenvalue weighted by atomic mass is 79.9. The van der Waals surface area contributed by atoms with Crippen LogP contribution in [-0.4, -0.2) is 40.5 Å². The smallest absolute Gasteiger partial charge is 0.224 e. The second-order valence-corrected chi connectivity index (χ2v) is 5.38. The van der Waals surface area contributed by atoms with Gasteiger partial charge in [-0.05, 0) is 46.9 Å². The number of nitrogens with one attached hydrogen (secondary N) is 1. The van der Waals surface area contributed by atoms with Gasteiger partial charge >= 0.3 is 0 Å². The van der Waals surface area contributed by atoms with Crippen LogP contribution in [0.25, 0.3) is 0 Å². The molecule has 2 rings (SSSR count). The summed E-state index contributed by atoms with van der Waals surface area (Å²) in [6, 6.07) is 0.472. The lowest BCUT2D eigenvalue weighted by Crippen LogP contribution is -2.39. The molecular weight excluding hydrogens is 304 g/mol. The molecule has 0 aromatic carbocycles. The molecule has 1 aliphatic heterocycles. The lowest BCUT2D eigenvalue weighted by Gasteiger charge is -2.31. The number of hydrogen-bond acceptors (Lipinski definition) is 4. The van der Waals surface area contributed by atoms with Crippen molar-refractivity contribution < 1.29 is 0 Å². The summed E-state index contributed by atoms with van der Waals surface area (Å²) >= 11 is 9.22. The zero-order valence-electron chi connectivity index (χ0n) is 9.79. The van der Waals surface area contributed by atoms with E-state index in [-0.39, 0.29) is 5.28 Å². The molecule has 1 fully saturated rings. The zero-order chi connectivity index (χ0) is 12.3. The molecule has 0 bridgehead atoms. The zero-order valence-corrected chi connectivity index (χ0v) is 12.1. The molecule has 0 radical (unpaired) electrons. The van der Waals surface area contributed by atoms with Gasteiger partial charge in [0.15, 0.2) is 0 Å². The van der Waals surface area contributed by atoms with Crippen LogP contribution in [0.15, 0.2) is 10.7 Å². The summed E-state index contributed by atoms with van der Waals surface area (Å²) in [5.41, 5.74) is 0. The first-order valence-corrected chi connectivity index (χ1v) is 7.03. The summed E-state index contributed by atoms with van der Waals surface area (Å²) < 4.78 is 0.861. The molecule has 1 aliphatic rings. The number of nitrogens with zero attached hydrogens (tertiary/aromatic N) is 3. The summed E-state index contributed by atoms with van der Waals surface area (Å²) in [5, 5.41) is 3.70. The third-order valence-corrected chi connectivity index (χ3v) is 3.85. The fraction of sp³-hybridized carbons (Fsp3) is 0.636. The predicted octanol–water partition coefficient (Wildman–Crippen LogP) is 2.79. The van der Waals surface area contributed by atoms with Crippen molar-refractivity contribution in [2.75, 3.05) is 25.0 Å². The number of piperidine rings is 1. The van der Waals surface area contributed by atoms with E-state index in [1.165, 1.54) is 0 Å². The normalized spacial score (nSPS) is 18.3. The molecule has 17 heavy (non-hydrogen) atoms. The molecule has 94 valence electrons. The predicted molar refractivity (Wildman–Crippen MR) is 73.5 cm³/mol. The third-order valence-electron chi connectivity index (χ3n) is 3.09. The van der Waals surface area contributed by atoms with Gasteiger partial charge in [-0.25, -0.2) is 4.98 Å². The summed E-state index contributed by atoms with van der Waals surface area (Å²) in [6.07, 6.45) is 3.96. The van der Waals surface area contributed by atoms with Crippen molar-refractivity contribution in [3.63, 3.8) is 0 Å². The van der Waals surface area contributed by atoms with E-state index in [1.54, 1.807) is 6.20 Å². The molecule has 0 atom stereocenters. The van der Waals surface area contributed by atoms with Crippen molar-refractivity contribution in [2.24, 2.45) is 0 Å². The van der Waals surface area contributed by atoms with Gasteiger partial charge < -0.3 is 10.2 Å². The second-order valence-electron chi connectivity index (χ2n) is 4.19. The highest BCUT2D eigenvalue weighted by Crippen LogP contribution is 2.23. The summed E-state index contributed by atoms with van der Waals surface area (Å²) in [4.78, 5) is 10.6. The summed E-state index contributed by atoms with van der Waals surface area (Å²) in [6.45, 7) is 5.62. The van der Waals surface area contributed by atoms with Crippen LogP contribution in [0.5, 0.6) is 0 Å². The van der Waals surface area contributed by atoms with E-state index in [4.69, 9.17) is 11.6 Å². The first kappa shape index (κ1) is 13.1. The molecule has 2 heterocycles. The Morgan fingerprint density at radius 3 is 2.88 bits per heavy atom. The Labute approximate surface area is 115 Å². The van der Waals surface area contributed by atoms with Crippen molar-refractivity contribution in [1.29, 1.82) is 0 Å². The number of anilines is 1. The third kappa shape index (κ3) is 3.53. The first-order chi connectivity index (χ1) is 8.19. The Balaban J connectivity index is 1.95. The number of aromatic nitrogens is 2. The molecule has 4 nitrogen and oxygen atoms in total. The molecular formula is C11H16BrClN4. The molecule has 0 amide bonds. The van der Waals surface area contributed by atoms with Crippen LogP contribution < -0.4 is 5.32 Å². The van der Waals surface area contributed by atoms with Gasteiger partial charge in [-0.15, -0.1) is 0 Å². The maximum Gasteiger partial charge on any atom is 0.224 e. The van der Waals surface area contributed by atoms with Gasteiger partial charge in [0.1, 0.15) is 5.82 Å². The van der Waals surface area contributed by atoms with Gasteiger partial charge in [0.25, 0.3) is 0 Å². The Hall–Kier alpha value is -0.390. The van der Waals surface area contributed by atoms with Gasteiger partial charge in [-0.1, -0.05) is 6.92 Å². The SMILES string of the molecule is CCN1CCC(Nc2nc(Cl)ncc2Br)CC1. The van der Waals surface area contributed by atoms with Crippen LogP contribution in [0, 0.1) is 0 Å². The van der Waals surface area contributed by atoms with Crippen molar-refractivity contribution in [1.82, 2.24) is 14.9 Å². The topological polar surface area (TPSA) is 41.0 Å². The van der Waals surface area contributed by atoms with Gasteiger partial charge in [0.2, 0.25) is 5.28 Å². The highest BCUT2D eigenvalue weighted by molar-refractivity contribution is 9.10. The van der Waals surface area contributed by atoms with Crippen LogP contribution >= 0.6 is 27.5 Å². The number of rotatable bonds is 3. The first-order valence-electron chi connectivity index (χ1n) is 5.86. The van der Waals surface area contributed by atoms with Gasteiger partial charge in [0.05, 0.1) is 4.47 Å². The number of halogens is 2. The van der Waals surface area contributed by atoms with Crippen molar-refractivity contribution in [3.05, 3.63) is 16.0 Å². The molecule has 1 N–H and O–H groups in total. The largest absolute Gasteiger partial charge is 0.366 e. The standard InChI is InChI=1S/C11H16BrClN4/c1-2-17-5-3-8(4-6-17)15-10-9(12)7-14-11(13)16-10/h7-8H,2-6H2,1H3,(H,14,15,16). The van der Waals surface area contributed by atoms with E-state index in [0.717, 1.165) is 42.8 Å². The van der Waals surface area contributed by atoms with Crippen LogP contribution in [-0.2, 0) is 0 Å². The number of likely N-dealkylation sites (tertiary alicyclic amines) is 1. The van der Waals surface area contributed by atoms with Crippen molar-refractivity contribution in [3.8, 4) is 0 Å². The second kappa shape index (κ2) is 5.98. The molecule has 6 heteroatoms. The van der Waals surface area contributed by atoms with Crippen LogP contribution in [0.4, 0.5) is 5.82 Å². The Bertz CT molecular complexity index is 380. The van der Waals surface area contributed by atoms with E-state index in [0.29, 0.717) is 6.04 Å². The fourth-order valence-corrected chi connectivity index (χ4v) is 2.47. The molecule has 0 aliphatic carbocycles. The van der Waals surface area contributed by atoms with E-state index in [2.05, 4.69) is 43.0 Å². The number of hydrogen-bond donors (Lipinski definition) is 1. The average Bonchev–Trinajstić information content (AvgIpc) is 2.35. The molecule has 0 saturated carbocycles. The fourth-order valence-electron chi connectivity index (χ4n) is 2.03. The van der Waals surface area contributed by atoms with E-state index in [1.807, 2.05) is 0 Å². The monoisotopic (exact) mass is 318 g/mol. The molecule has 1 aromatic heterocycles. The molecule has 1 saturated heterocycles. The molecule has 0 unspecified atom stereocenters. The maximum atomic E-state index is 5.79. The minimum absolute atomic E-state index is 0.279. The molecule has 0 spiro atoms. The Kier molecular flexibility index (Phi) is 4.59. The van der Waals surface area contributed by atoms with Crippen LogP contribution in [0.1, 0.15) is 19.8 Å². The van der Waals surface area contributed by atoms with Crippen molar-refractivity contribution >= 4 is 33.3 Å². The van der Waals surface area contributed by atoms with Gasteiger partial charge in [-0.3, -0.25) is 0 Å². The van der Waals surface area contributed by atoms with E-state index < -0.39 is 0 Å². The Morgan fingerprint density at radius 1 is 1.53 bits per heavy atom. The minimum Gasteiger partial charge on any atom is -0.366 e. The maximum absolute atomic E-state index is 5.79. The quantitative estimate of drug-likeness (QED) is 0.870. The average molecular weight is 320 g/mol. The van der Waals surface area contributed by atoms with Gasteiger partial charge in [-0.2, -0.15) is 4.98 Å². The minimum atomic E-state index is 0.279. The van der Waals surface area contributed by atoms with Crippen LogP contribution in [0.2, 0.25) is 5.28 Å². The van der Waals surface area contributed by atoms with Crippen LogP contribution in [0.3, 0.4) is 0 Å². The van der Waals surface area contributed by atoms with E-state index in [9.17, 15) is 0 Å². The van der Waals surface area contributed by atoms with Crippen molar-refractivity contribution in [2.45, 2.75) is 25.8 Å². The highest BCUT2D eigenvalue weighted by Gasteiger charge is 2.19. The lowest BCUT2D eigenvalue weighted by atomic mass is 10.1.